The first kappa shape index (κ1) is 16.8. The minimum absolute atomic E-state index is 0.0299. The Morgan fingerprint density at radius 3 is 2.10 bits per heavy atom. The summed E-state index contributed by atoms with van der Waals surface area (Å²) in [6, 6.07) is 5.71. The molecule has 0 spiro atoms. The number of hydrogen-bond acceptors (Lipinski definition) is 3. The van der Waals surface area contributed by atoms with Crippen molar-refractivity contribution in [2.24, 2.45) is 0 Å². The molecule has 0 bridgehead atoms. The molecule has 114 valence electrons. The SMILES string of the molecule is CC(=O)CCC(=O)NCCNC(=O)Cc1ccc(F)cc1. The first-order chi connectivity index (χ1) is 9.97. The van der Waals surface area contributed by atoms with E-state index in [0.717, 1.165) is 5.56 Å². The Kier molecular flexibility index (Phi) is 7.08. The van der Waals surface area contributed by atoms with Gasteiger partial charge in [0, 0.05) is 25.9 Å². The summed E-state index contributed by atoms with van der Waals surface area (Å²) >= 11 is 0. The topological polar surface area (TPSA) is 75.3 Å². The zero-order valence-electron chi connectivity index (χ0n) is 11.9. The smallest absolute Gasteiger partial charge is 0.224 e. The molecular formula is C15H19FN2O3. The van der Waals surface area contributed by atoms with Crippen molar-refractivity contribution >= 4 is 17.6 Å². The first-order valence-corrected chi connectivity index (χ1v) is 6.74. The highest BCUT2D eigenvalue weighted by molar-refractivity contribution is 5.83. The summed E-state index contributed by atoms with van der Waals surface area (Å²) in [4.78, 5) is 33.6. The van der Waals surface area contributed by atoms with Gasteiger partial charge in [-0.05, 0) is 24.6 Å². The fourth-order valence-corrected chi connectivity index (χ4v) is 1.63. The average Bonchev–Trinajstić information content (AvgIpc) is 2.44. The van der Waals surface area contributed by atoms with Gasteiger partial charge in [0.1, 0.15) is 11.6 Å². The Labute approximate surface area is 122 Å². The number of benzene rings is 1. The van der Waals surface area contributed by atoms with Crippen LogP contribution in [0, 0.1) is 5.82 Å². The van der Waals surface area contributed by atoms with Crippen molar-refractivity contribution in [3.8, 4) is 0 Å². The van der Waals surface area contributed by atoms with Crippen LogP contribution in [-0.4, -0.2) is 30.7 Å². The zero-order chi connectivity index (χ0) is 15.7. The molecule has 0 saturated heterocycles. The van der Waals surface area contributed by atoms with Crippen LogP contribution in [0.4, 0.5) is 4.39 Å². The van der Waals surface area contributed by atoms with Crippen LogP contribution in [0.2, 0.25) is 0 Å². The van der Waals surface area contributed by atoms with E-state index in [1.54, 1.807) is 12.1 Å². The van der Waals surface area contributed by atoms with Crippen LogP contribution in [0.15, 0.2) is 24.3 Å². The van der Waals surface area contributed by atoms with Crippen molar-refractivity contribution in [2.75, 3.05) is 13.1 Å². The molecule has 0 saturated carbocycles. The van der Waals surface area contributed by atoms with E-state index in [9.17, 15) is 18.8 Å². The largest absolute Gasteiger partial charge is 0.354 e. The van der Waals surface area contributed by atoms with Gasteiger partial charge in [-0.1, -0.05) is 12.1 Å². The van der Waals surface area contributed by atoms with Gasteiger partial charge in [0.2, 0.25) is 11.8 Å². The standard InChI is InChI=1S/C15H19FN2O3/c1-11(19)2-7-14(20)17-8-9-18-15(21)10-12-3-5-13(16)6-4-12/h3-6H,2,7-10H2,1H3,(H,17,20)(H,18,21). The van der Waals surface area contributed by atoms with Crippen LogP contribution < -0.4 is 10.6 Å². The molecule has 0 heterocycles. The molecule has 0 aromatic heterocycles. The molecule has 0 aliphatic heterocycles. The van der Waals surface area contributed by atoms with Crippen molar-refractivity contribution in [3.63, 3.8) is 0 Å². The van der Waals surface area contributed by atoms with E-state index < -0.39 is 0 Å². The third-order valence-electron chi connectivity index (χ3n) is 2.75. The number of halogens is 1. The number of hydrogen-bond donors (Lipinski definition) is 2. The summed E-state index contributed by atoms with van der Waals surface area (Å²) in [5.41, 5.74) is 0.722. The van der Waals surface area contributed by atoms with Crippen LogP contribution >= 0.6 is 0 Å². The van der Waals surface area contributed by atoms with E-state index in [1.807, 2.05) is 0 Å². The van der Waals surface area contributed by atoms with Crippen LogP contribution in [0.25, 0.3) is 0 Å². The molecule has 0 radical (unpaired) electrons. The second-order valence-corrected chi connectivity index (χ2v) is 4.71. The third kappa shape index (κ3) is 7.81. The quantitative estimate of drug-likeness (QED) is 0.702. The van der Waals surface area contributed by atoms with Gasteiger partial charge in [-0.2, -0.15) is 0 Å². The highest BCUT2D eigenvalue weighted by atomic mass is 19.1. The molecule has 1 aromatic rings. The lowest BCUT2D eigenvalue weighted by Gasteiger charge is -2.07. The number of Topliss-reactive ketones (excluding diaryl/α,β-unsaturated/α-hetero) is 1. The van der Waals surface area contributed by atoms with Gasteiger partial charge >= 0.3 is 0 Å². The molecule has 0 unspecified atom stereocenters. The van der Waals surface area contributed by atoms with Crippen LogP contribution in [0.3, 0.4) is 0 Å². The second-order valence-electron chi connectivity index (χ2n) is 4.71. The Morgan fingerprint density at radius 1 is 0.952 bits per heavy atom. The van der Waals surface area contributed by atoms with Crippen molar-refractivity contribution < 1.29 is 18.8 Å². The number of amides is 2. The van der Waals surface area contributed by atoms with Crippen molar-refractivity contribution in [1.29, 1.82) is 0 Å². The summed E-state index contributed by atoms with van der Waals surface area (Å²) in [6.07, 6.45) is 0.556. The fourth-order valence-electron chi connectivity index (χ4n) is 1.63. The summed E-state index contributed by atoms with van der Waals surface area (Å²) in [5, 5.41) is 5.26. The zero-order valence-corrected chi connectivity index (χ0v) is 11.9. The van der Waals surface area contributed by atoms with Crippen molar-refractivity contribution in [1.82, 2.24) is 10.6 Å². The van der Waals surface area contributed by atoms with Gasteiger partial charge in [0.15, 0.2) is 0 Å². The molecule has 0 fully saturated rings. The molecule has 0 atom stereocenters. The molecule has 5 nitrogen and oxygen atoms in total. The second kappa shape index (κ2) is 8.84. The van der Waals surface area contributed by atoms with Gasteiger partial charge in [-0.25, -0.2) is 4.39 Å². The van der Waals surface area contributed by atoms with Crippen LogP contribution in [0.5, 0.6) is 0 Å². The Balaban J connectivity index is 2.14. The maximum Gasteiger partial charge on any atom is 0.224 e. The van der Waals surface area contributed by atoms with E-state index in [0.29, 0.717) is 13.1 Å². The van der Waals surface area contributed by atoms with Crippen LogP contribution in [-0.2, 0) is 20.8 Å². The van der Waals surface area contributed by atoms with Gasteiger partial charge in [0.25, 0.3) is 0 Å². The minimum Gasteiger partial charge on any atom is -0.354 e. The van der Waals surface area contributed by atoms with Gasteiger partial charge < -0.3 is 15.4 Å². The number of ketones is 1. The predicted molar refractivity (Wildman–Crippen MR) is 76.0 cm³/mol. The lowest BCUT2D eigenvalue weighted by molar-refractivity contribution is -0.124. The first-order valence-electron chi connectivity index (χ1n) is 6.74. The average molecular weight is 294 g/mol. The Bertz CT molecular complexity index is 500. The van der Waals surface area contributed by atoms with E-state index in [2.05, 4.69) is 10.6 Å². The summed E-state index contributed by atoms with van der Waals surface area (Å²) in [7, 11) is 0. The predicted octanol–water partition coefficient (Wildman–Crippen LogP) is 0.970. The molecule has 1 aromatic carbocycles. The summed E-state index contributed by atoms with van der Waals surface area (Å²) < 4.78 is 12.7. The summed E-state index contributed by atoms with van der Waals surface area (Å²) in [5.74, 6) is -0.775. The van der Waals surface area contributed by atoms with Crippen LogP contribution in [0.1, 0.15) is 25.3 Å². The molecule has 6 heteroatoms. The highest BCUT2D eigenvalue weighted by Gasteiger charge is 2.05. The molecule has 2 amide bonds. The van der Waals surface area contributed by atoms with E-state index in [4.69, 9.17) is 0 Å². The number of carbonyl (C=O) groups excluding carboxylic acids is 3. The normalized spacial score (nSPS) is 10.0. The lowest BCUT2D eigenvalue weighted by atomic mass is 10.1. The van der Waals surface area contributed by atoms with Crippen molar-refractivity contribution in [2.45, 2.75) is 26.2 Å². The van der Waals surface area contributed by atoms with E-state index >= 15 is 0 Å². The molecule has 1 rings (SSSR count). The molecular weight excluding hydrogens is 275 g/mol. The summed E-state index contributed by atoms with van der Waals surface area (Å²) in [6.45, 7) is 2.06. The van der Waals surface area contributed by atoms with Gasteiger partial charge in [-0.3, -0.25) is 9.59 Å². The number of nitrogens with one attached hydrogen (secondary N) is 2. The number of carbonyl (C=O) groups is 3. The van der Waals surface area contributed by atoms with Gasteiger partial charge in [0.05, 0.1) is 6.42 Å². The lowest BCUT2D eigenvalue weighted by Crippen LogP contribution is -2.35. The maximum atomic E-state index is 12.7. The van der Waals surface area contributed by atoms with Gasteiger partial charge in [-0.15, -0.1) is 0 Å². The highest BCUT2D eigenvalue weighted by Crippen LogP contribution is 2.03. The Hall–Kier alpha value is -2.24. The van der Waals surface area contributed by atoms with Crippen molar-refractivity contribution in [3.05, 3.63) is 35.6 Å². The molecule has 2 N–H and O–H groups in total. The minimum atomic E-state index is -0.340. The van der Waals surface area contributed by atoms with E-state index in [1.165, 1.54) is 19.1 Å². The van der Waals surface area contributed by atoms with E-state index in [-0.39, 0.29) is 42.7 Å². The maximum absolute atomic E-state index is 12.7. The fraction of sp³-hybridized carbons (Fsp3) is 0.400. The monoisotopic (exact) mass is 294 g/mol. The molecule has 21 heavy (non-hydrogen) atoms. The Morgan fingerprint density at radius 2 is 1.52 bits per heavy atom. The molecule has 0 aliphatic rings. The molecule has 0 aliphatic carbocycles. The number of rotatable bonds is 8. The third-order valence-corrected chi connectivity index (χ3v) is 2.75.